The summed E-state index contributed by atoms with van der Waals surface area (Å²) in [4.78, 5) is 13.2. The van der Waals surface area contributed by atoms with Gasteiger partial charge in [-0.3, -0.25) is 4.79 Å². The molecule has 4 rings (SSSR count). The van der Waals surface area contributed by atoms with Crippen LogP contribution >= 0.6 is 0 Å². The Hall–Kier alpha value is -2.70. The van der Waals surface area contributed by atoms with Crippen molar-refractivity contribution in [3.05, 3.63) is 75.8 Å². The molecule has 1 aromatic heterocycles. The minimum absolute atomic E-state index is 0.00374. The predicted octanol–water partition coefficient (Wildman–Crippen LogP) is 3.62. The van der Waals surface area contributed by atoms with Crippen molar-refractivity contribution in [3.63, 3.8) is 0 Å². The topological polar surface area (TPSA) is 52.5 Å². The second kappa shape index (κ2) is 8.76. The van der Waals surface area contributed by atoms with Gasteiger partial charge in [-0.15, -0.1) is 0 Å². The van der Waals surface area contributed by atoms with E-state index in [0.29, 0.717) is 37.3 Å². The van der Waals surface area contributed by atoms with Crippen molar-refractivity contribution < 1.29 is 13.9 Å². The standard InChI is InChI=1S/C23H25FN2O3/c1-28-22-7-3-2-5-17(22)13-25-14-18-11-16-8-9-19(24)12-21(16)26(23(18)27)15-20-6-4-10-29-20/h2-3,5,7-9,11-12,20,25H,4,6,10,13-15H2,1H3. The Morgan fingerprint density at radius 3 is 2.79 bits per heavy atom. The van der Waals surface area contributed by atoms with Crippen LogP contribution in [0.3, 0.4) is 0 Å². The zero-order valence-electron chi connectivity index (χ0n) is 16.5. The Kier molecular flexibility index (Phi) is 5.92. The first-order valence-corrected chi connectivity index (χ1v) is 9.92. The van der Waals surface area contributed by atoms with Gasteiger partial charge in [0, 0.05) is 30.8 Å². The van der Waals surface area contributed by atoms with E-state index in [9.17, 15) is 9.18 Å². The monoisotopic (exact) mass is 396 g/mol. The second-order valence-corrected chi connectivity index (χ2v) is 7.34. The van der Waals surface area contributed by atoms with E-state index >= 15 is 0 Å². The lowest BCUT2D eigenvalue weighted by Crippen LogP contribution is -2.31. The number of nitrogens with one attached hydrogen (secondary N) is 1. The fraction of sp³-hybridized carbons (Fsp3) is 0.348. The van der Waals surface area contributed by atoms with Crippen LogP contribution in [-0.4, -0.2) is 24.4 Å². The Morgan fingerprint density at radius 2 is 2.00 bits per heavy atom. The van der Waals surface area contributed by atoms with Crippen LogP contribution in [0.25, 0.3) is 10.9 Å². The number of methoxy groups -OCH3 is 1. The van der Waals surface area contributed by atoms with Crippen LogP contribution in [0.2, 0.25) is 0 Å². The van der Waals surface area contributed by atoms with Gasteiger partial charge in [0.15, 0.2) is 0 Å². The fourth-order valence-electron chi connectivity index (χ4n) is 3.89. The summed E-state index contributed by atoms with van der Waals surface area (Å²) in [5.74, 6) is 0.463. The van der Waals surface area contributed by atoms with Gasteiger partial charge in [0.05, 0.1) is 25.3 Å². The third kappa shape index (κ3) is 4.33. The Labute approximate surface area is 169 Å². The van der Waals surface area contributed by atoms with Gasteiger partial charge < -0.3 is 19.4 Å². The highest BCUT2D eigenvalue weighted by atomic mass is 19.1. The number of nitrogens with zero attached hydrogens (tertiary/aromatic N) is 1. The lowest BCUT2D eigenvalue weighted by molar-refractivity contribution is 0.0971. The summed E-state index contributed by atoms with van der Waals surface area (Å²) in [6, 6.07) is 14.2. The molecule has 1 aliphatic heterocycles. The number of aromatic nitrogens is 1. The quantitative estimate of drug-likeness (QED) is 0.663. The molecule has 0 saturated carbocycles. The number of hydrogen-bond donors (Lipinski definition) is 1. The van der Waals surface area contributed by atoms with Crippen molar-refractivity contribution in [3.8, 4) is 5.75 Å². The average molecular weight is 396 g/mol. The Morgan fingerprint density at radius 1 is 1.17 bits per heavy atom. The summed E-state index contributed by atoms with van der Waals surface area (Å²) in [7, 11) is 1.64. The van der Waals surface area contributed by atoms with Gasteiger partial charge in [0.1, 0.15) is 11.6 Å². The van der Waals surface area contributed by atoms with Crippen molar-refractivity contribution in [2.75, 3.05) is 13.7 Å². The molecule has 152 valence electrons. The molecule has 1 saturated heterocycles. The summed E-state index contributed by atoms with van der Waals surface area (Å²) < 4.78 is 26.6. The van der Waals surface area contributed by atoms with Gasteiger partial charge in [-0.25, -0.2) is 4.39 Å². The first kappa shape index (κ1) is 19.6. The van der Waals surface area contributed by atoms with E-state index in [1.54, 1.807) is 17.7 Å². The second-order valence-electron chi connectivity index (χ2n) is 7.34. The maximum Gasteiger partial charge on any atom is 0.255 e. The van der Waals surface area contributed by atoms with Crippen LogP contribution in [0.4, 0.5) is 4.39 Å². The van der Waals surface area contributed by atoms with Crippen molar-refractivity contribution in [1.29, 1.82) is 0 Å². The average Bonchev–Trinajstić information content (AvgIpc) is 3.25. The number of ether oxygens (including phenoxy) is 2. The molecule has 0 aliphatic carbocycles. The first-order valence-electron chi connectivity index (χ1n) is 9.92. The van der Waals surface area contributed by atoms with Crippen molar-refractivity contribution in [1.82, 2.24) is 9.88 Å². The molecule has 1 N–H and O–H groups in total. The van der Waals surface area contributed by atoms with Crippen LogP contribution in [0, 0.1) is 5.82 Å². The van der Waals surface area contributed by atoms with E-state index in [4.69, 9.17) is 9.47 Å². The summed E-state index contributed by atoms with van der Waals surface area (Å²) in [5, 5.41) is 4.18. The van der Waals surface area contributed by atoms with Crippen LogP contribution in [-0.2, 0) is 24.4 Å². The lowest BCUT2D eigenvalue weighted by atomic mass is 10.1. The maximum absolute atomic E-state index is 13.9. The molecule has 2 aromatic carbocycles. The normalized spacial score (nSPS) is 16.4. The molecule has 1 unspecified atom stereocenters. The van der Waals surface area contributed by atoms with E-state index in [-0.39, 0.29) is 17.5 Å². The maximum atomic E-state index is 13.9. The van der Waals surface area contributed by atoms with Gasteiger partial charge in [0.25, 0.3) is 5.56 Å². The molecule has 1 aliphatic rings. The summed E-state index contributed by atoms with van der Waals surface area (Å²) in [6.07, 6.45) is 1.90. The molecule has 0 bridgehead atoms. The molecule has 6 heteroatoms. The van der Waals surface area contributed by atoms with Gasteiger partial charge in [-0.2, -0.15) is 0 Å². The smallest absolute Gasteiger partial charge is 0.255 e. The zero-order chi connectivity index (χ0) is 20.2. The molecule has 0 amide bonds. The molecule has 2 heterocycles. The van der Waals surface area contributed by atoms with E-state index in [2.05, 4.69) is 5.32 Å². The van der Waals surface area contributed by atoms with Crippen molar-refractivity contribution in [2.45, 2.75) is 38.6 Å². The Balaban J connectivity index is 1.61. The van der Waals surface area contributed by atoms with E-state index < -0.39 is 0 Å². The molecule has 29 heavy (non-hydrogen) atoms. The predicted molar refractivity (Wildman–Crippen MR) is 111 cm³/mol. The number of pyridine rings is 1. The first-order chi connectivity index (χ1) is 14.2. The SMILES string of the molecule is COc1ccccc1CNCc1cc2ccc(F)cc2n(CC2CCCO2)c1=O. The van der Waals surface area contributed by atoms with Crippen LogP contribution in [0.5, 0.6) is 5.75 Å². The lowest BCUT2D eigenvalue weighted by Gasteiger charge is -2.17. The largest absolute Gasteiger partial charge is 0.496 e. The molecule has 3 aromatic rings. The van der Waals surface area contributed by atoms with E-state index in [1.165, 1.54) is 12.1 Å². The van der Waals surface area contributed by atoms with Gasteiger partial charge in [-0.05, 0) is 48.6 Å². The van der Waals surface area contributed by atoms with Gasteiger partial charge in [-0.1, -0.05) is 18.2 Å². The number of rotatable bonds is 7. The molecular weight excluding hydrogens is 371 g/mol. The number of halogens is 1. The molecule has 1 fully saturated rings. The highest BCUT2D eigenvalue weighted by Gasteiger charge is 2.19. The molecule has 1 atom stereocenters. The molecule has 0 spiro atoms. The summed E-state index contributed by atoms with van der Waals surface area (Å²) in [5.41, 5.74) is 2.18. The summed E-state index contributed by atoms with van der Waals surface area (Å²) >= 11 is 0. The molecule has 5 nitrogen and oxygen atoms in total. The zero-order valence-corrected chi connectivity index (χ0v) is 16.5. The van der Waals surface area contributed by atoms with Gasteiger partial charge in [0.2, 0.25) is 0 Å². The molecule has 0 radical (unpaired) electrons. The summed E-state index contributed by atoms with van der Waals surface area (Å²) in [6.45, 7) is 2.15. The highest BCUT2D eigenvalue weighted by Crippen LogP contribution is 2.20. The van der Waals surface area contributed by atoms with Crippen molar-refractivity contribution >= 4 is 10.9 Å². The minimum atomic E-state index is -0.347. The third-order valence-corrected chi connectivity index (χ3v) is 5.37. The van der Waals surface area contributed by atoms with E-state index in [1.807, 2.05) is 30.3 Å². The minimum Gasteiger partial charge on any atom is -0.496 e. The third-order valence-electron chi connectivity index (χ3n) is 5.37. The van der Waals surface area contributed by atoms with Gasteiger partial charge >= 0.3 is 0 Å². The van der Waals surface area contributed by atoms with Crippen LogP contribution in [0.15, 0.2) is 53.3 Å². The van der Waals surface area contributed by atoms with E-state index in [0.717, 1.165) is 29.5 Å². The number of benzene rings is 2. The van der Waals surface area contributed by atoms with Crippen LogP contribution < -0.4 is 15.6 Å². The number of hydrogen-bond acceptors (Lipinski definition) is 4. The highest BCUT2D eigenvalue weighted by molar-refractivity contribution is 5.79. The van der Waals surface area contributed by atoms with Crippen molar-refractivity contribution in [2.24, 2.45) is 0 Å². The number of fused-ring (bicyclic) bond motifs is 1. The number of para-hydroxylation sites is 1. The molecular formula is C23H25FN2O3. The fourth-order valence-corrected chi connectivity index (χ4v) is 3.89. The van der Waals surface area contributed by atoms with Crippen LogP contribution in [0.1, 0.15) is 24.0 Å². The Bertz CT molecular complexity index is 1060.